The van der Waals surface area contributed by atoms with Gasteiger partial charge in [-0.05, 0) is 65.6 Å². The molecule has 1 fully saturated rings. The summed E-state index contributed by atoms with van der Waals surface area (Å²) in [7, 11) is 1.94. The van der Waals surface area contributed by atoms with Crippen LogP contribution in [0.1, 0.15) is 47.0 Å². The van der Waals surface area contributed by atoms with Crippen molar-refractivity contribution in [3.63, 3.8) is 0 Å². The van der Waals surface area contributed by atoms with Crippen molar-refractivity contribution < 1.29 is 4.79 Å². The van der Waals surface area contributed by atoms with Crippen LogP contribution in [0.2, 0.25) is 0 Å². The van der Waals surface area contributed by atoms with Crippen LogP contribution in [-0.4, -0.2) is 86.0 Å². The lowest BCUT2D eigenvalue weighted by atomic mass is 9.99. The zero-order valence-electron chi connectivity index (χ0n) is 17.5. The topological polar surface area (TPSA) is 51.2 Å². The minimum absolute atomic E-state index is 0. The molecule has 0 aromatic rings. The van der Waals surface area contributed by atoms with Gasteiger partial charge in [-0.2, -0.15) is 0 Å². The zero-order valence-corrected chi connectivity index (χ0v) is 19.8. The molecule has 1 N–H and O–H groups in total. The molecule has 154 valence electrons. The fourth-order valence-corrected chi connectivity index (χ4v) is 3.19. The standard InChI is InChI=1S/C19H39N5O.HI/c1-6-20-19(22(5)16-18(25)24(7-2)8-3)21-12-9-13-23-14-10-17(4)11-15-23;/h17H,6-16H2,1-5H3,(H,20,21);1H. The van der Waals surface area contributed by atoms with E-state index >= 15 is 0 Å². The number of rotatable bonds is 9. The molecular weight excluding hydrogens is 441 g/mol. The van der Waals surface area contributed by atoms with E-state index in [9.17, 15) is 4.79 Å². The summed E-state index contributed by atoms with van der Waals surface area (Å²) < 4.78 is 0. The molecule has 0 atom stereocenters. The Balaban J connectivity index is 0.00000625. The maximum absolute atomic E-state index is 12.3. The summed E-state index contributed by atoms with van der Waals surface area (Å²) in [5, 5.41) is 3.30. The Morgan fingerprint density at radius 1 is 1.19 bits per heavy atom. The molecule has 0 spiro atoms. The molecule has 1 aliphatic heterocycles. The van der Waals surface area contributed by atoms with Crippen molar-refractivity contribution in [1.82, 2.24) is 20.0 Å². The SMILES string of the molecule is CCNC(=NCCCN1CCC(C)CC1)N(C)CC(=O)N(CC)CC.I. The summed E-state index contributed by atoms with van der Waals surface area (Å²) >= 11 is 0. The predicted octanol–water partition coefficient (Wildman–Crippen LogP) is 2.49. The van der Waals surface area contributed by atoms with E-state index in [0.29, 0.717) is 6.54 Å². The lowest BCUT2D eigenvalue weighted by Gasteiger charge is -2.30. The second-order valence-corrected chi connectivity index (χ2v) is 7.04. The van der Waals surface area contributed by atoms with E-state index in [1.54, 1.807) is 0 Å². The highest BCUT2D eigenvalue weighted by atomic mass is 127. The Bertz CT molecular complexity index is 407. The number of guanidine groups is 1. The molecule has 0 aromatic heterocycles. The number of halogens is 1. The maximum atomic E-state index is 12.3. The van der Waals surface area contributed by atoms with Crippen LogP contribution in [0.5, 0.6) is 0 Å². The first-order valence-electron chi connectivity index (χ1n) is 10.0. The number of nitrogens with zero attached hydrogens (tertiary/aromatic N) is 4. The Kier molecular flexibility index (Phi) is 14.2. The third kappa shape index (κ3) is 9.39. The number of likely N-dealkylation sites (tertiary alicyclic amines) is 1. The van der Waals surface area contributed by atoms with E-state index in [-0.39, 0.29) is 29.9 Å². The van der Waals surface area contributed by atoms with Gasteiger partial charge < -0.3 is 20.0 Å². The molecule has 0 radical (unpaired) electrons. The normalized spacial score (nSPS) is 16.1. The number of nitrogens with one attached hydrogen (secondary N) is 1. The van der Waals surface area contributed by atoms with Gasteiger partial charge in [-0.15, -0.1) is 24.0 Å². The van der Waals surface area contributed by atoms with Crippen LogP contribution in [0, 0.1) is 5.92 Å². The molecule has 7 heteroatoms. The summed E-state index contributed by atoms with van der Waals surface area (Å²) in [6, 6.07) is 0. The molecular formula is C19H40IN5O. The van der Waals surface area contributed by atoms with E-state index in [4.69, 9.17) is 4.99 Å². The molecule has 0 aliphatic carbocycles. The monoisotopic (exact) mass is 481 g/mol. The number of hydrogen-bond donors (Lipinski definition) is 1. The number of aliphatic imine (C=N–C) groups is 1. The largest absolute Gasteiger partial charge is 0.357 e. The lowest BCUT2D eigenvalue weighted by molar-refractivity contribution is -0.131. The Hall–Kier alpha value is -0.570. The van der Waals surface area contributed by atoms with E-state index < -0.39 is 0 Å². The molecule has 0 saturated carbocycles. The molecule has 1 saturated heterocycles. The molecule has 1 amide bonds. The third-order valence-corrected chi connectivity index (χ3v) is 4.96. The Morgan fingerprint density at radius 3 is 2.35 bits per heavy atom. The number of carbonyl (C=O) groups excluding carboxylic acids is 1. The van der Waals surface area contributed by atoms with Crippen molar-refractivity contribution in [3.05, 3.63) is 0 Å². The predicted molar refractivity (Wildman–Crippen MR) is 121 cm³/mol. The number of likely N-dealkylation sites (N-methyl/N-ethyl adjacent to an activating group) is 2. The molecule has 0 unspecified atom stereocenters. The van der Waals surface area contributed by atoms with Crippen LogP contribution in [-0.2, 0) is 4.79 Å². The number of piperidine rings is 1. The average molecular weight is 481 g/mol. The number of amides is 1. The van der Waals surface area contributed by atoms with Crippen LogP contribution in [0.4, 0.5) is 0 Å². The van der Waals surface area contributed by atoms with Gasteiger partial charge in [0.25, 0.3) is 0 Å². The second-order valence-electron chi connectivity index (χ2n) is 7.04. The molecule has 1 rings (SSSR count). The van der Waals surface area contributed by atoms with Crippen molar-refractivity contribution >= 4 is 35.8 Å². The van der Waals surface area contributed by atoms with Crippen LogP contribution in [0.25, 0.3) is 0 Å². The highest BCUT2D eigenvalue weighted by molar-refractivity contribution is 14.0. The van der Waals surface area contributed by atoms with Crippen molar-refractivity contribution in [2.75, 3.05) is 59.4 Å². The van der Waals surface area contributed by atoms with E-state index in [2.05, 4.69) is 24.1 Å². The summed E-state index contributed by atoms with van der Waals surface area (Å²) in [5.74, 6) is 1.86. The minimum atomic E-state index is 0. The second kappa shape index (κ2) is 14.5. The minimum Gasteiger partial charge on any atom is -0.357 e. The average Bonchev–Trinajstić information content (AvgIpc) is 2.60. The van der Waals surface area contributed by atoms with Crippen LogP contribution >= 0.6 is 24.0 Å². The lowest BCUT2D eigenvalue weighted by Crippen LogP contribution is -2.45. The van der Waals surface area contributed by atoms with E-state index in [1.807, 2.05) is 30.7 Å². The van der Waals surface area contributed by atoms with Gasteiger partial charge in [-0.3, -0.25) is 9.79 Å². The van der Waals surface area contributed by atoms with Crippen molar-refractivity contribution in [2.24, 2.45) is 10.9 Å². The highest BCUT2D eigenvalue weighted by Gasteiger charge is 2.16. The van der Waals surface area contributed by atoms with E-state index in [0.717, 1.165) is 51.0 Å². The van der Waals surface area contributed by atoms with Gasteiger partial charge in [0.15, 0.2) is 5.96 Å². The number of carbonyl (C=O) groups is 1. The van der Waals surface area contributed by atoms with Crippen molar-refractivity contribution in [1.29, 1.82) is 0 Å². The van der Waals surface area contributed by atoms with Gasteiger partial charge in [0.1, 0.15) is 0 Å². The highest BCUT2D eigenvalue weighted by Crippen LogP contribution is 2.15. The van der Waals surface area contributed by atoms with Crippen molar-refractivity contribution in [3.8, 4) is 0 Å². The first kappa shape index (κ1) is 25.4. The van der Waals surface area contributed by atoms with Gasteiger partial charge in [-0.25, -0.2) is 0 Å². The van der Waals surface area contributed by atoms with Crippen molar-refractivity contribution in [2.45, 2.75) is 47.0 Å². The third-order valence-electron chi connectivity index (χ3n) is 4.96. The van der Waals surface area contributed by atoms with Gasteiger partial charge in [0, 0.05) is 33.2 Å². The van der Waals surface area contributed by atoms with Crippen LogP contribution in [0.3, 0.4) is 0 Å². The number of hydrogen-bond acceptors (Lipinski definition) is 3. The molecule has 1 aliphatic rings. The van der Waals surface area contributed by atoms with E-state index in [1.165, 1.54) is 25.9 Å². The molecule has 6 nitrogen and oxygen atoms in total. The Morgan fingerprint density at radius 2 is 1.81 bits per heavy atom. The molecule has 1 heterocycles. The fraction of sp³-hybridized carbons (Fsp3) is 0.895. The fourth-order valence-electron chi connectivity index (χ4n) is 3.19. The van der Waals surface area contributed by atoms with Crippen LogP contribution in [0.15, 0.2) is 4.99 Å². The zero-order chi connectivity index (χ0) is 18.7. The molecule has 0 aromatic carbocycles. The Labute approximate surface area is 177 Å². The smallest absolute Gasteiger partial charge is 0.242 e. The summed E-state index contributed by atoms with van der Waals surface area (Å²) in [6.07, 6.45) is 3.71. The summed E-state index contributed by atoms with van der Waals surface area (Å²) in [4.78, 5) is 23.3. The van der Waals surface area contributed by atoms with Gasteiger partial charge in [-0.1, -0.05) is 6.92 Å². The summed E-state index contributed by atoms with van der Waals surface area (Å²) in [5.41, 5.74) is 0. The first-order chi connectivity index (χ1) is 12.0. The van der Waals surface area contributed by atoms with Gasteiger partial charge >= 0.3 is 0 Å². The molecule has 0 bridgehead atoms. The summed E-state index contributed by atoms with van der Waals surface area (Å²) in [6.45, 7) is 15.5. The van der Waals surface area contributed by atoms with Gasteiger partial charge in [0.2, 0.25) is 5.91 Å². The quantitative estimate of drug-likeness (QED) is 0.238. The van der Waals surface area contributed by atoms with Crippen LogP contribution < -0.4 is 5.32 Å². The maximum Gasteiger partial charge on any atom is 0.242 e. The first-order valence-corrected chi connectivity index (χ1v) is 10.0. The molecule has 26 heavy (non-hydrogen) atoms. The van der Waals surface area contributed by atoms with Gasteiger partial charge in [0.05, 0.1) is 6.54 Å².